The number of hydrazone groups is 1. The fourth-order valence-corrected chi connectivity index (χ4v) is 2.60. The van der Waals surface area contributed by atoms with Crippen molar-refractivity contribution in [3.63, 3.8) is 0 Å². The lowest BCUT2D eigenvalue weighted by Gasteiger charge is -2.13. The van der Waals surface area contributed by atoms with Crippen molar-refractivity contribution in [2.24, 2.45) is 11.0 Å². The van der Waals surface area contributed by atoms with Crippen LogP contribution in [-0.2, 0) is 0 Å². The van der Waals surface area contributed by atoms with Crippen LogP contribution in [0.2, 0.25) is 0 Å². The van der Waals surface area contributed by atoms with Crippen molar-refractivity contribution in [3.05, 3.63) is 23.8 Å². The first kappa shape index (κ1) is 18.3. The van der Waals surface area contributed by atoms with E-state index >= 15 is 0 Å². The Morgan fingerprint density at radius 2 is 1.96 bits per heavy atom. The molecule has 0 bridgehead atoms. The maximum absolute atomic E-state index is 12.3. The van der Waals surface area contributed by atoms with Crippen LogP contribution in [0.3, 0.4) is 0 Å². The van der Waals surface area contributed by atoms with Gasteiger partial charge >= 0.3 is 0 Å². The van der Waals surface area contributed by atoms with E-state index in [1.54, 1.807) is 25.3 Å². The summed E-state index contributed by atoms with van der Waals surface area (Å²) >= 11 is 0. The highest BCUT2D eigenvalue weighted by atomic mass is 16.5. The van der Waals surface area contributed by atoms with Gasteiger partial charge in [-0.3, -0.25) is 4.79 Å². The zero-order chi connectivity index (χ0) is 17.4. The molecule has 0 unspecified atom stereocenters. The molecule has 0 aliphatic heterocycles. The van der Waals surface area contributed by atoms with Crippen LogP contribution in [0.1, 0.15) is 62.7 Å². The molecule has 1 aromatic carbocycles. The van der Waals surface area contributed by atoms with E-state index in [1.807, 2.05) is 0 Å². The van der Waals surface area contributed by atoms with Gasteiger partial charge in [0.1, 0.15) is 0 Å². The van der Waals surface area contributed by atoms with Crippen LogP contribution >= 0.6 is 0 Å². The fourth-order valence-electron chi connectivity index (χ4n) is 2.60. The molecule has 1 saturated carbocycles. The normalized spacial score (nSPS) is 14.4. The number of nitrogens with one attached hydrogen (secondary N) is 1. The molecule has 0 heterocycles. The quantitative estimate of drug-likeness (QED) is 0.762. The van der Waals surface area contributed by atoms with Gasteiger partial charge in [-0.25, -0.2) is 5.43 Å². The van der Waals surface area contributed by atoms with E-state index in [9.17, 15) is 4.79 Å². The Morgan fingerprint density at radius 1 is 1.21 bits per heavy atom. The number of benzene rings is 1. The largest absolute Gasteiger partial charge is 0.493 e. The van der Waals surface area contributed by atoms with Crippen molar-refractivity contribution in [3.8, 4) is 11.5 Å². The summed E-state index contributed by atoms with van der Waals surface area (Å²) in [6, 6.07) is 5.21. The molecule has 0 spiro atoms. The molecule has 24 heavy (non-hydrogen) atoms. The summed E-state index contributed by atoms with van der Waals surface area (Å²) in [5.74, 6) is 1.59. The summed E-state index contributed by atoms with van der Waals surface area (Å²) in [5, 5.41) is 4.25. The van der Waals surface area contributed by atoms with Gasteiger partial charge in [0.05, 0.1) is 13.7 Å². The highest BCUT2D eigenvalue weighted by Crippen LogP contribution is 2.28. The summed E-state index contributed by atoms with van der Waals surface area (Å²) in [7, 11) is 1.58. The molecule has 0 aromatic heterocycles. The first-order chi connectivity index (χ1) is 11.6. The number of carbonyl (C=O) groups is 1. The van der Waals surface area contributed by atoms with Gasteiger partial charge in [0.2, 0.25) is 0 Å². The Balaban J connectivity index is 1.98. The molecule has 1 amide bonds. The van der Waals surface area contributed by atoms with Gasteiger partial charge in [0, 0.05) is 11.3 Å². The Hall–Kier alpha value is -2.04. The maximum atomic E-state index is 12.3. The Labute approximate surface area is 144 Å². The standard InChI is InChI=1S/C19H28N2O3/c1-14(2)11-12-24-17-10-9-15(13-18(17)23-3)19(22)21-20-16-7-5-4-6-8-16/h9-10,13-14H,4-8,11-12H2,1-3H3,(H,21,22). The summed E-state index contributed by atoms with van der Waals surface area (Å²) in [6.07, 6.45) is 6.50. The van der Waals surface area contributed by atoms with Gasteiger partial charge < -0.3 is 9.47 Å². The lowest BCUT2D eigenvalue weighted by Crippen LogP contribution is -2.20. The molecule has 2 rings (SSSR count). The summed E-state index contributed by atoms with van der Waals surface area (Å²) < 4.78 is 11.1. The minimum absolute atomic E-state index is 0.222. The molecule has 132 valence electrons. The van der Waals surface area contributed by atoms with Gasteiger partial charge in [-0.05, 0) is 56.2 Å². The van der Waals surface area contributed by atoms with E-state index < -0.39 is 0 Å². The van der Waals surface area contributed by atoms with Crippen LogP contribution in [0.4, 0.5) is 0 Å². The number of hydrogen-bond donors (Lipinski definition) is 1. The van der Waals surface area contributed by atoms with E-state index in [2.05, 4.69) is 24.4 Å². The van der Waals surface area contributed by atoms with Crippen LogP contribution in [-0.4, -0.2) is 25.3 Å². The number of rotatable bonds is 7. The highest BCUT2D eigenvalue weighted by Gasteiger charge is 2.12. The van der Waals surface area contributed by atoms with Gasteiger partial charge in [0.25, 0.3) is 5.91 Å². The van der Waals surface area contributed by atoms with E-state index in [1.165, 1.54) is 6.42 Å². The molecule has 5 nitrogen and oxygen atoms in total. The second-order valence-corrected chi connectivity index (χ2v) is 6.58. The Bertz CT molecular complexity index is 574. The van der Waals surface area contributed by atoms with Crippen molar-refractivity contribution in [2.75, 3.05) is 13.7 Å². The predicted molar refractivity (Wildman–Crippen MR) is 95.9 cm³/mol. The third kappa shape index (κ3) is 5.55. The van der Waals surface area contributed by atoms with Crippen molar-refractivity contribution < 1.29 is 14.3 Å². The first-order valence-electron chi connectivity index (χ1n) is 8.76. The van der Waals surface area contributed by atoms with E-state index in [4.69, 9.17) is 9.47 Å². The Kier molecular flexibility index (Phi) is 7.09. The minimum atomic E-state index is -0.222. The molecule has 1 fully saturated rings. The number of ether oxygens (including phenoxy) is 2. The van der Waals surface area contributed by atoms with Crippen molar-refractivity contribution >= 4 is 11.6 Å². The van der Waals surface area contributed by atoms with Gasteiger partial charge in [0.15, 0.2) is 11.5 Å². The molecule has 0 saturated heterocycles. The number of hydrogen-bond acceptors (Lipinski definition) is 4. The van der Waals surface area contributed by atoms with Gasteiger partial charge in [-0.15, -0.1) is 0 Å². The summed E-state index contributed by atoms with van der Waals surface area (Å²) in [4.78, 5) is 12.3. The van der Waals surface area contributed by atoms with Crippen LogP contribution < -0.4 is 14.9 Å². The molecule has 1 aliphatic rings. The van der Waals surface area contributed by atoms with Gasteiger partial charge in [-0.1, -0.05) is 20.3 Å². The lowest BCUT2D eigenvalue weighted by atomic mass is 9.99. The molecule has 1 aromatic rings. The summed E-state index contributed by atoms with van der Waals surface area (Å²) in [6.45, 7) is 4.94. The number of methoxy groups -OCH3 is 1. The SMILES string of the molecule is COc1cc(C(=O)NN=C2CCCCC2)ccc1OCCC(C)C. The molecule has 0 radical (unpaired) electrons. The number of nitrogens with zero attached hydrogens (tertiary/aromatic N) is 1. The number of carbonyl (C=O) groups excluding carboxylic acids is 1. The van der Waals surface area contributed by atoms with Crippen LogP contribution in [0.5, 0.6) is 11.5 Å². The van der Waals surface area contributed by atoms with Crippen LogP contribution in [0.15, 0.2) is 23.3 Å². The molecule has 0 atom stereocenters. The third-order valence-electron chi connectivity index (χ3n) is 4.12. The monoisotopic (exact) mass is 332 g/mol. The topological polar surface area (TPSA) is 59.9 Å². The van der Waals surface area contributed by atoms with Crippen molar-refractivity contribution in [1.82, 2.24) is 5.43 Å². The van der Waals surface area contributed by atoms with E-state index in [0.29, 0.717) is 29.6 Å². The smallest absolute Gasteiger partial charge is 0.271 e. The van der Waals surface area contributed by atoms with E-state index in [-0.39, 0.29) is 5.91 Å². The second kappa shape index (κ2) is 9.30. The molecule has 1 aliphatic carbocycles. The van der Waals surface area contributed by atoms with E-state index in [0.717, 1.165) is 37.8 Å². The van der Waals surface area contributed by atoms with Gasteiger partial charge in [-0.2, -0.15) is 5.10 Å². The maximum Gasteiger partial charge on any atom is 0.271 e. The van der Waals surface area contributed by atoms with Crippen molar-refractivity contribution in [1.29, 1.82) is 0 Å². The molecule has 1 N–H and O–H groups in total. The lowest BCUT2D eigenvalue weighted by molar-refractivity contribution is 0.0954. The van der Waals surface area contributed by atoms with Crippen molar-refractivity contribution in [2.45, 2.75) is 52.4 Å². The molecule has 5 heteroatoms. The molecular weight excluding hydrogens is 304 g/mol. The zero-order valence-electron chi connectivity index (χ0n) is 14.9. The predicted octanol–water partition coefficient (Wildman–Crippen LogP) is 4.17. The third-order valence-corrected chi connectivity index (χ3v) is 4.12. The first-order valence-corrected chi connectivity index (χ1v) is 8.76. The highest BCUT2D eigenvalue weighted by molar-refractivity contribution is 5.96. The molecular formula is C19H28N2O3. The van der Waals surface area contributed by atoms with Crippen LogP contribution in [0.25, 0.3) is 0 Å². The fraction of sp³-hybridized carbons (Fsp3) is 0.579. The average molecular weight is 332 g/mol. The van der Waals surface area contributed by atoms with Crippen LogP contribution in [0, 0.1) is 5.92 Å². The second-order valence-electron chi connectivity index (χ2n) is 6.58. The average Bonchev–Trinajstić information content (AvgIpc) is 2.60. The summed E-state index contributed by atoms with van der Waals surface area (Å²) in [5.41, 5.74) is 4.25. The Morgan fingerprint density at radius 3 is 2.62 bits per heavy atom. The zero-order valence-corrected chi connectivity index (χ0v) is 14.9. The minimum Gasteiger partial charge on any atom is -0.493 e. The number of amides is 1.